The van der Waals surface area contributed by atoms with Crippen molar-refractivity contribution in [3.8, 4) is 0 Å². The predicted molar refractivity (Wildman–Crippen MR) is 128 cm³/mol. The van der Waals surface area contributed by atoms with Gasteiger partial charge in [-0.25, -0.2) is 12.8 Å². The van der Waals surface area contributed by atoms with Crippen LogP contribution >= 0.6 is 0 Å². The maximum atomic E-state index is 13.5. The van der Waals surface area contributed by atoms with Crippen molar-refractivity contribution < 1.29 is 12.8 Å². The summed E-state index contributed by atoms with van der Waals surface area (Å²) < 4.78 is 41.7. The third kappa shape index (κ3) is 5.05. The van der Waals surface area contributed by atoms with Crippen LogP contribution in [0.5, 0.6) is 0 Å². The van der Waals surface area contributed by atoms with Gasteiger partial charge in [-0.05, 0) is 79.2 Å². The third-order valence-corrected chi connectivity index (χ3v) is 7.63. The van der Waals surface area contributed by atoms with Crippen LogP contribution < -0.4 is 5.56 Å². The van der Waals surface area contributed by atoms with Crippen LogP contribution in [0.25, 0.3) is 10.9 Å². The van der Waals surface area contributed by atoms with Gasteiger partial charge in [0.05, 0.1) is 4.90 Å². The summed E-state index contributed by atoms with van der Waals surface area (Å²) in [5, 5.41) is 0.836. The highest BCUT2D eigenvalue weighted by Crippen LogP contribution is 2.21. The molecule has 4 rings (SSSR count). The topological polar surface area (TPSA) is 70.2 Å². The zero-order chi connectivity index (χ0) is 23.6. The van der Waals surface area contributed by atoms with Crippen molar-refractivity contribution in [3.05, 3.63) is 111 Å². The molecule has 0 fully saturated rings. The number of benzene rings is 3. The van der Waals surface area contributed by atoms with Gasteiger partial charge in [0.1, 0.15) is 5.82 Å². The smallest absolute Gasteiger partial charge is 0.252 e. The first-order valence-corrected chi connectivity index (χ1v) is 12.1. The molecule has 4 aromatic rings. The Hall–Kier alpha value is -3.29. The lowest BCUT2D eigenvalue weighted by Crippen LogP contribution is -2.34. The predicted octanol–water partition coefficient (Wildman–Crippen LogP) is 4.72. The molecule has 0 amide bonds. The van der Waals surface area contributed by atoms with E-state index in [2.05, 4.69) is 4.98 Å². The number of nitrogens with one attached hydrogen (secondary N) is 1. The third-order valence-electron chi connectivity index (χ3n) is 5.77. The van der Waals surface area contributed by atoms with E-state index in [1.165, 1.54) is 16.4 Å². The molecule has 0 aliphatic heterocycles. The quantitative estimate of drug-likeness (QED) is 0.430. The van der Waals surface area contributed by atoms with E-state index in [0.29, 0.717) is 17.5 Å². The molecule has 1 aromatic heterocycles. The molecule has 0 aliphatic carbocycles. The minimum atomic E-state index is -3.96. The summed E-state index contributed by atoms with van der Waals surface area (Å²) in [5.41, 5.74) is 3.85. The molecular formula is C26H25FN2O3S. The average molecular weight is 465 g/mol. The summed E-state index contributed by atoms with van der Waals surface area (Å²) >= 11 is 0. The van der Waals surface area contributed by atoms with Crippen LogP contribution in [0.3, 0.4) is 0 Å². The van der Waals surface area contributed by atoms with Gasteiger partial charge in [0.2, 0.25) is 10.0 Å². The molecule has 1 N–H and O–H groups in total. The van der Waals surface area contributed by atoms with Crippen LogP contribution in [0.2, 0.25) is 0 Å². The molecule has 0 atom stereocenters. The molecule has 0 radical (unpaired) electrons. The van der Waals surface area contributed by atoms with Crippen LogP contribution in [0, 0.1) is 19.7 Å². The summed E-state index contributed by atoms with van der Waals surface area (Å²) in [6.45, 7) is 4.02. The highest BCUT2D eigenvalue weighted by molar-refractivity contribution is 7.89. The van der Waals surface area contributed by atoms with E-state index >= 15 is 0 Å². The van der Waals surface area contributed by atoms with Crippen LogP contribution in [0.1, 0.15) is 22.3 Å². The maximum absolute atomic E-state index is 13.5. The first-order chi connectivity index (χ1) is 15.7. The van der Waals surface area contributed by atoms with Crippen molar-refractivity contribution in [1.29, 1.82) is 0 Å². The van der Waals surface area contributed by atoms with E-state index in [4.69, 9.17) is 0 Å². The van der Waals surface area contributed by atoms with E-state index in [1.54, 1.807) is 6.07 Å². The molecule has 0 saturated carbocycles. The van der Waals surface area contributed by atoms with Crippen molar-refractivity contribution in [1.82, 2.24) is 9.29 Å². The molecular weight excluding hydrogens is 439 g/mol. The Morgan fingerprint density at radius 1 is 0.909 bits per heavy atom. The fraction of sp³-hybridized carbons (Fsp3) is 0.192. The van der Waals surface area contributed by atoms with E-state index in [0.717, 1.165) is 34.2 Å². The molecule has 0 aliphatic rings. The zero-order valence-electron chi connectivity index (χ0n) is 18.5. The van der Waals surface area contributed by atoms with E-state index in [9.17, 15) is 17.6 Å². The maximum Gasteiger partial charge on any atom is 0.252 e. The first-order valence-electron chi connectivity index (χ1n) is 10.7. The number of halogens is 1. The fourth-order valence-corrected chi connectivity index (χ4v) is 5.27. The normalized spacial score (nSPS) is 11.9. The van der Waals surface area contributed by atoms with Crippen LogP contribution in [0.4, 0.5) is 4.39 Å². The molecule has 3 aromatic carbocycles. The number of pyridine rings is 1. The molecule has 170 valence electrons. The van der Waals surface area contributed by atoms with E-state index < -0.39 is 15.8 Å². The summed E-state index contributed by atoms with van der Waals surface area (Å²) in [5.74, 6) is -0.512. The van der Waals surface area contributed by atoms with Gasteiger partial charge in [-0.1, -0.05) is 35.9 Å². The Balaban J connectivity index is 1.73. The lowest BCUT2D eigenvalue weighted by Gasteiger charge is -2.23. The number of fused-ring (bicyclic) bond motifs is 1. The van der Waals surface area contributed by atoms with Gasteiger partial charge < -0.3 is 4.98 Å². The van der Waals surface area contributed by atoms with E-state index in [-0.39, 0.29) is 23.5 Å². The molecule has 0 saturated heterocycles. The Kier molecular flexibility index (Phi) is 6.44. The number of sulfonamides is 1. The molecule has 0 unspecified atom stereocenters. The summed E-state index contributed by atoms with van der Waals surface area (Å²) in [4.78, 5) is 15.6. The number of rotatable bonds is 7. The molecule has 7 heteroatoms. The van der Waals surface area contributed by atoms with Gasteiger partial charge in [-0.15, -0.1) is 0 Å². The Morgan fingerprint density at radius 3 is 2.36 bits per heavy atom. The summed E-state index contributed by atoms with van der Waals surface area (Å²) in [7, 11) is -3.96. The largest absolute Gasteiger partial charge is 0.322 e. The van der Waals surface area contributed by atoms with Gasteiger partial charge >= 0.3 is 0 Å². The zero-order valence-corrected chi connectivity index (χ0v) is 19.3. The van der Waals surface area contributed by atoms with Crippen LogP contribution in [0.15, 0.2) is 82.5 Å². The first kappa shape index (κ1) is 22.9. The molecule has 0 spiro atoms. The number of hydrogen-bond acceptors (Lipinski definition) is 3. The highest BCUT2D eigenvalue weighted by Gasteiger charge is 2.26. The van der Waals surface area contributed by atoms with Crippen LogP contribution in [-0.2, 0) is 23.0 Å². The molecule has 0 bridgehead atoms. The average Bonchev–Trinajstić information content (AvgIpc) is 2.78. The lowest BCUT2D eigenvalue weighted by molar-refractivity contribution is 0.408. The number of hydrogen-bond donors (Lipinski definition) is 1. The number of aromatic nitrogens is 1. The van der Waals surface area contributed by atoms with Gasteiger partial charge in [0, 0.05) is 24.2 Å². The van der Waals surface area contributed by atoms with Crippen LogP contribution in [-0.4, -0.2) is 24.3 Å². The number of H-pyrrole nitrogens is 1. The van der Waals surface area contributed by atoms with Crippen molar-refractivity contribution in [2.75, 3.05) is 6.54 Å². The lowest BCUT2D eigenvalue weighted by atomic mass is 10.1. The van der Waals surface area contributed by atoms with Crippen molar-refractivity contribution in [2.24, 2.45) is 0 Å². The summed E-state index contributed by atoms with van der Waals surface area (Å²) in [6.07, 6.45) is 0.484. The number of nitrogens with zero attached hydrogens (tertiary/aromatic N) is 1. The molecule has 5 nitrogen and oxygen atoms in total. The standard InChI is InChI=1S/C26H25FN2O3S/c1-18-7-12-25-21(15-18)16-22(26(30)28-25)17-29(14-13-20-6-4-3-5-19(20)2)33(31,32)24-10-8-23(27)9-11-24/h3-12,15-16H,13-14,17H2,1-2H3,(H,28,30). The monoisotopic (exact) mass is 464 g/mol. The van der Waals surface area contributed by atoms with Crippen molar-refractivity contribution in [2.45, 2.75) is 31.7 Å². The van der Waals surface area contributed by atoms with Crippen molar-refractivity contribution >= 4 is 20.9 Å². The Morgan fingerprint density at radius 2 is 1.64 bits per heavy atom. The molecule has 1 heterocycles. The van der Waals surface area contributed by atoms with E-state index in [1.807, 2.05) is 56.3 Å². The second-order valence-corrected chi connectivity index (χ2v) is 10.1. The Labute approximate surface area is 192 Å². The number of aryl methyl sites for hydroxylation is 2. The highest BCUT2D eigenvalue weighted by atomic mass is 32.2. The second kappa shape index (κ2) is 9.29. The SMILES string of the molecule is Cc1ccc2[nH]c(=O)c(CN(CCc3ccccc3C)S(=O)(=O)c3ccc(F)cc3)cc2c1. The number of aromatic amines is 1. The van der Waals surface area contributed by atoms with Crippen molar-refractivity contribution in [3.63, 3.8) is 0 Å². The molecule has 33 heavy (non-hydrogen) atoms. The minimum absolute atomic E-state index is 0.0123. The van der Waals surface area contributed by atoms with Gasteiger partial charge in [-0.3, -0.25) is 4.79 Å². The second-order valence-electron chi connectivity index (χ2n) is 8.18. The van der Waals surface area contributed by atoms with Gasteiger partial charge in [0.25, 0.3) is 5.56 Å². The minimum Gasteiger partial charge on any atom is -0.322 e. The summed E-state index contributed by atoms with van der Waals surface area (Å²) in [6, 6.07) is 20.0. The van der Waals surface area contributed by atoms with Gasteiger partial charge in [-0.2, -0.15) is 4.31 Å². The Bertz CT molecular complexity index is 1460. The fourth-order valence-electron chi connectivity index (χ4n) is 3.85. The van der Waals surface area contributed by atoms with Gasteiger partial charge in [0.15, 0.2) is 0 Å².